The van der Waals surface area contributed by atoms with Gasteiger partial charge in [0.1, 0.15) is 5.82 Å². The van der Waals surface area contributed by atoms with Crippen LogP contribution in [0.15, 0.2) is 53.9 Å². The molecule has 162 valence electrons. The summed E-state index contributed by atoms with van der Waals surface area (Å²) < 4.78 is 13.4. The number of rotatable bonds is 8. The fourth-order valence-corrected chi connectivity index (χ4v) is 4.23. The molecule has 1 heterocycles. The van der Waals surface area contributed by atoms with Crippen LogP contribution in [0.5, 0.6) is 0 Å². The van der Waals surface area contributed by atoms with E-state index in [2.05, 4.69) is 10.3 Å². The Kier molecular flexibility index (Phi) is 7.81. The van der Waals surface area contributed by atoms with Crippen LogP contribution in [0.25, 0.3) is 0 Å². The van der Waals surface area contributed by atoms with E-state index in [4.69, 9.17) is 0 Å². The maximum Gasteiger partial charge on any atom is 0.240 e. The van der Waals surface area contributed by atoms with Gasteiger partial charge in [-0.25, -0.2) is 9.37 Å². The zero-order valence-electron chi connectivity index (χ0n) is 17.6. The van der Waals surface area contributed by atoms with E-state index in [0.717, 1.165) is 22.0 Å². The molecule has 2 amide bonds. The number of thioether (sulfide) groups is 1. The van der Waals surface area contributed by atoms with Crippen LogP contribution in [0.2, 0.25) is 0 Å². The topological polar surface area (TPSA) is 62.3 Å². The largest absolute Gasteiger partial charge is 0.325 e. The number of nitrogens with one attached hydrogen (secondary N) is 1. The Morgan fingerprint density at radius 2 is 1.81 bits per heavy atom. The number of carbonyl (C=O) groups excluding carboxylic acids is 2. The van der Waals surface area contributed by atoms with Crippen LogP contribution < -0.4 is 10.2 Å². The molecule has 31 heavy (non-hydrogen) atoms. The number of carbonyl (C=O) groups is 2. The van der Waals surface area contributed by atoms with Gasteiger partial charge in [-0.15, -0.1) is 23.1 Å². The summed E-state index contributed by atoms with van der Waals surface area (Å²) in [6, 6.07) is 13.4. The fraction of sp³-hybridized carbons (Fsp3) is 0.261. The Morgan fingerprint density at radius 3 is 2.42 bits per heavy atom. The summed E-state index contributed by atoms with van der Waals surface area (Å²) in [5.74, 6) is -0.549. The van der Waals surface area contributed by atoms with Crippen LogP contribution in [0.4, 0.5) is 15.8 Å². The average Bonchev–Trinajstić information content (AvgIpc) is 3.17. The van der Waals surface area contributed by atoms with Gasteiger partial charge in [-0.1, -0.05) is 17.7 Å². The maximum absolute atomic E-state index is 13.4. The molecule has 1 aromatic heterocycles. The number of nitrogens with zero attached hydrogens (tertiary/aromatic N) is 2. The van der Waals surface area contributed by atoms with Gasteiger partial charge in [0.05, 0.1) is 28.2 Å². The number of amides is 2. The second kappa shape index (κ2) is 10.5. The molecule has 0 radical (unpaired) electrons. The lowest BCUT2D eigenvalue weighted by molar-refractivity contribution is -0.118. The summed E-state index contributed by atoms with van der Waals surface area (Å²) in [4.78, 5) is 31.5. The van der Waals surface area contributed by atoms with Gasteiger partial charge in [-0.3, -0.25) is 9.59 Å². The molecule has 0 saturated heterocycles. The highest BCUT2D eigenvalue weighted by Crippen LogP contribution is 2.23. The minimum absolute atomic E-state index is 0.147. The standard InChI is InChI=1S/C23H24FN3O2S2/c1-15-4-8-19(9-5-15)26-22(28)14-30-16(2)23(29)27(12-20-13-31-17(3)25-20)21-10-6-18(24)7-11-21/h4-11,13,16H,12,14H2,1-3H3,(H,26,28). The Labute approximate surface area is 189 Å². The number of aryl methyl sites for hydroxylation is 2. The lowest BCUT2D eigenvalue weighted by Crippen LogP contribution is -2.37. The van der Waals surface area contributed by atoms with E-state index < -0.39 is 5.25 Å². The quantitative estimate of drug-likeness (QED) is 0.506. The van der Waals surface area contributed by atoms with Gasteiger partial charge in [0.25, 0.3) is 0 Å². The van der Waals surface area contributed by atoms with Crippen molar-refractivity contribution in [2.75, 3.05) is 16.0 Å². The Balaban J connectivity index is 1.65. The molecule has 2 aromatic carbocycles. The molecule has 0 bridgehead atoms. The van der Waals surface area contributed by atoms with E-state index in [-0.39, 0.29) is 29.9 Å². The molecular formula is C23H24FN3O2S2. The fourth-order valence-electron chi connectivity index (χ4n) is 2.89. The number of benzene rings is 2. The number of halogens is 1. The van der Waals surface area contributed by atoms with E-state index in [1.807, 2.05) is 43.5 Å². The van der Waals surface area contributed by atoms with Gasteiger partial charge in [-0.2, -0.15) is 0 Å². The Morgan fingerprint density at radius 1 is 1.13 bits per heavy atom. The highest BCUT2D eigenvalue weighted by atomic mass is 32.2. The second-order valence-corrected chi connectivity index (χ2v) is 9.52. The average molecular weight is 458 g/mol. The van der Waals surface area contributed by atoms with Crippen molar-refractivity contribution in [3.05, 3.63) is 76.0 Å². The van der Waals surface area contributed by atoms with E-state index in [1.54, 1.807) is 24.0 Å². The molecule has 0 aliphatic carbocycles. The summed E-state index contributed by atoms with van der Waals surface area (Å²) in [5.41, 5.74) is 3.20. The van der Waals surface area contributed by atoms with Crippen molar-refractivity contribution < 1.29 is 14.0 Å². The van der Waals surface area contributed by atoms with Crippen molar-refractivity contribution in [3.63, 3.8) is 0 Å². The van der Waals surface area contributed by atoms with Crippen molar-refractivity contribution >= 4 is 46.3 Å². The van der Waals surface area contributed by atoms with Crippen LogP contribution in [0.1, 0.15) is 23.2 Å². The number of thiazole rings is 1. The third kappa shape index (κ3) is 6.63. The molecule has 1 N–H and O–H groups in total. The zero-order chi connectivity index (χ0) is 22.4. The summed E-state index contributed by atoms with van der Waals surface area (Å²) in [6.07, 6.45) is 0. The van der Waals surface area contributed by atoms with Crippen LogP contribution >= 0.6 is 23.1 Å². The molecule has 3 aromatic rings. The van der Waals surface area contributed by atoms with E-state index in [1.165, 1.54) is 35.2 Å². The highest BCUT2D eigenvalue weighted by molar-refractivity contribution is 8.01. The lowest BCUT2D eigenvalue weighted by Gasteiger charge is -2.25. The first-order chi connectivity index (χ1) is 14.8. The first kappa shape index (κ1) is 23.0. The Hall–Kier alpha value is -2.71. The van der Waals surface area contributed by atoms with Gasteiger partial charge >= 0.3 is 0 Å². The molecule has 5 nitrogen and oxygen atoms in total. The zero-order valence-corrected chi connectivity index (χ0v) is 19.2. The molecular weight excluding hydrogens is 433 g/mol. The SMILES string of the molecule is Cc1ccc(NC(=O)CSC(C)C(=O)N(Cc2csc(C)n2)c2ccc(F)cc2)cc1. The van der Waals surface area contributed by atoms with E-state index >= 15 is 0 Å². The molecule has 0 aliphatic heterocycles. The molecule has 0 saturated carbocycles. The van der Waals surface area contributed by atoms with Crippen molar-refractivity contribution in [2.45, 2.75) is 32.6 Å². The first-order valence-electron chi connectivity index (χ1n) is 9.78. The smallest absolute Gasteiger partial charge is 0.240 e. The summed E-state index contributed by atoms with van der Waals surface area (Å²) in [7, 11) is 0. The lowest BCUT2D eigenvalue weighted by atomic mass is 10.2. The third-order valence-corrected chi connectivity index (χ3v) is 6.49. The molecule has 1 unspecified atom stereocenters. The molecule has 0 spiro atoms. The minimum atomic E-state index is -0.464. The Bertz CT molecular complexity index is 1040. The summed E-state index contributed by atoms with van der Waals surface area (Å²) in [6.45, 7) is 5.95. The van der Waals surface area contributed by atoms with Crippen LogP contribution in [-0.4, -0.2) is 27.8 Å². The summed E-state index contributed by atoms with van der Waals surface area (Å²) >= 11 is 2.77. The van der Waals surface area contributed by atoms with Crippen molar-refractivity contribution in [1.82, 2.24) is 4.98 Å². The third-order valence-electron chi connectivity index (χ3n) is 4.54. The second-order valence-electron chi connectivity index (χ2n) is 7.13. The predicted octanol–water partition coefficient (Wildman–Crippen LogP) is 5.19. The van der Waals surface area contributed by atoms with Gasteiger partial charge < -0.3 is 10.2 Å². The number of hydrogen-bond acceptors (Lipinski definition) is 5. The van der Waals surface area contributed by atoms with Crippen LogP contribution in [0.3, 0.4) is 0 Å². The van der Waals surface area contributed by atoms with Gasteiger partial charge in [0, 0.05) is 16.8 Å². The van der Waals surface area contributed by atoms with Crippen molar-refractivity contribution in [2.24, 2.45) is 0 Å². The number of hydrogen-bond donors (Lipinski definition) is 1. The van der Waals surface area contributed by atoms with E-state index in [9.17, 15) is 14.0 Å². The molecule has 1 atom stereocenters. The molecule has 0 fully saturated rings. The van der Waals surface area contributed by atoms with Crippen LogP contribution in [-0.2, 0) is 16.1 Å². The van der Waals surface area contributed by atoms with E-state index in [0.29, 0.717) is 5.69 Å². The number of anilines is 2. The normalized spacial score (nSPS) is 11.7. The van der Waals surface area contributed by atoms with Crippen molar-refractivity contribution in [3.8, 4) is 0 Å². The van der Waals surface area contributed by atoms with Gasteiger partial charge in [0.2, 0.25) is 11.8 Å². The van der Waals surface area contributed by atoms with Gasteiger partial charge in [0.15, 0.2) is 0 Å². The number of aromatic nitrogens is 1. The predicted molar refractivity (Wildman–Crippen MR) is 126 cm³/mol. The van der Waals surface area contributed by atoms with Crippen LogP contribution in [0, 0.1) is 19.7 Å². The van der Waals surface area contributed by atoms with Gasteiger partial charge in [-0.05, 0) is 57.2 Å². The molecule has 3 rings (SSSR count). The van der Waals surface area contributed by atoms with Crippen molar-refractivity contribution in [1.29, 1.82) is 0 Å². The highest BCUT2D eigenvalue weighted by Gasteiger charge is 2.24. The maximum atomic E-state index is 13.4. The molecule has 8 heteroatoms. The monoisotopic (exact) mass is 457 g/mol. The minimum Gasteiger partial charge on any atom is -0.325 e. The molecule has 0 aliphatic rings. The summed E-state index contributed by atoms with van der Waals surface area (Å²) in [5, 5.41) is 5.20. The first-order valence-corrected chi connectivity index (χ1v) is 11.7.